The van der Waals surface area contributed by atoms with Gasteiger partial charge < -0.3 is 4.74 Å². The summed E-state index contributed by atoms with van der Waals surface area (Å²) in [5.74, 6) is 0.595. The van der Waals surface area contributed by atoms with Crippen molar-refractivity contribution in [3.63, 3.8) is 0 Å². The minimum atomic E-state index is -0.265. The molecule has 0 aliphatic heterocycles. The number of rotatable bonds is 6. The van der Waals surface area contributed by atoms with Crippen LogP contribution in [0.25, 0.3) is 10.9 Å². The molecule has 28 heavy (non-hydrogen) atoms. The Balaban J connectivity index is 1.62. The first-order valence-electron chi connectivity index (χ1n) is 8.36. The maximum absolute atomic E-state index is 12.0. The molecule has 0 fully saturated rings. The van der Waals surface area contributed by atoms with E-state index in [0.29, 0.717) is 16.5 Å². The number of fused-ring (bicyclic) bond motifs is 1. The molecule has 0 bridgehead atoms. The van der Waals surface area contributed by atoms with Crippen molar-refractivity contribution < 1.29 is 9.53 Å². The largest absolute Gasteiger partial charge is 0.497 e. The molecule has 0 atom stereocenters. The summed E-state index contributed by atoms with van der Waals surface area (Å²) in [5, 5.41) is 5.70. The summed E-state index contributed by atoms with van der Waals surface area (Å²) in [7, 11) is 1.59. The summed E-state index contributed by atoms with van der Waals surface area (Å²) in [6.45, 7) is 3.78. The van der Waals surface area contributed by atoms with Crippen LogP contribution in [0.5, 0.6) is 5.75 Å². The standard InChI is InChI=1S/C19H18ClN5O2S/c1-11-6-12(2)23-19(22-11)28-10-17(26)25-21-9-14-7-13-4-5-15(27-3)8-16(13)24-18(14)20/h4-9H,10H2,1-3H3,(H,25,26)/b21-9-. The van der Waals surface area contributed by atoms with Crippen molar-refractivity contribution in [1.29, 1.82) is 0 Å². The zero-order chi connectivity index (χ0) is 20.1. The van der Waals surface area contributed by atoms with Gasteiger partial charge in [0, 0.05) is 28.4 Å². The normalized spacial score (nSPS) is 11.1. The highest BCUT2D eigenvalue weighted by atomic mass is 35.5. The van der Waals surface area contributed by atoms with Gasteiger partial charge in [-0.1, -0.05) is 23.4 Å². The summed E-state index contributed by atoms with van der Waals surface area (Å²) in [4.78, 5) is 24.9. The number of hydrogen-bond acceptors (Lipinski definition) is 7. The number of thioether (sulfide) groups is 1. The van der Waals surface area contributed by atoms with Crippen LogP contribution in [-0.4, -0.2) is 39.9 Å². The van der Waals surface area contributed by atoms with Gasteiger partial charge in [-0.15, -0.1) is 0 Å². The van der Waals surface area contributed by atoms with Gasteiger partial charge in [-0.25, -0.2) is 20.4 Å². The number of carbonyl (C=O) groups excluding carboxylic acids is 1. The van der Waals surface area contributed by atoms with Crippen LogP contribution in [-0.2, 0) is 4.79 Å². The minimum absolute atomic E-state index is 0.156. The van der Waals surface area contributed by atoms with Crippen LogP contribution < -0.4 is 10.2 Å². The summed E-state index contributed by atoms with van der Waals surface area (Å²) in [6, 6.07) is 9.25. The topological polar surface area (TPSA) is 89.4 Å². The van der Waals surface area contributed by atoms with Crippen molar-refractivity contribution in [2.24, 2.45) is 5.10 Å². The number of methoxy groups -OCH3 is 1. The Morgan fingerprint density at radius 2 is 1.96 bits per heavy atom. The molecule has 3 rings (SSSR count). The van der Waals surface area contributed by atoms with Crippen molar-refractivity contribution >= 4 is 46.4 Å². The quantitative estimate of drug-likeness (QED) is 0.218. The van der Waals surface area contributed by atoms with E-state index in [4.69, 9.17) is 16.3 Å². The fourth-order valence-corrected chi connectivity index (χ4v) is 3.39. The molecule has 7 nitrogen and oxygen atoms in total. The van der Waals surface area contributed by atoms with Gasteiger partial charge in [-0.3, -0.25) is 4.79 Å². The lowest BCUT2D eigenvalue weighted by atomic mass is 10.1. The van der Waals surface area contributed by atoms with Gasteiger partial charge in [0.05, 0.1) is 24.6 Å². The molecule has 0 aliphatic carbocycles. The fraction of sp³-hybridized carbons (Fsp3) is 0.211. The highest BCUT2D eigenvalue weighted by molar-refractivity contribution is 7.99. The van der Waals surface area contributed by atoms with E-state index >= 15 is 0 Å². The van der Waals surface area contributed by atoms with Crippen LogP contribution in [0.2, 0.25) is 5.15 Å². The van der Waals surface area contributed by atoms with Gasteiger partial charge in [0.2, 0.25) is 0 Å². The van der Waals surface area contributed by atoms with Gasteiger partial charge >= 0.3 is 0 Å². The third-order valence-electron chi connectivity index (χ3n) is 3.69. The number of aryl methyl sites for hydroxylation is 2. The highest BCUT2D eigenvalue weighted by Gasteiger charge is 2.07. The maximum atomic E-state index is 12.0. The molecule has 0 saturated carbocycles. The van der Waals surface area contributed by atoms with Gasteiger partial charge in [-0.05, 0) is 38.1 Å². The molecule has 0 saturated heterocycles. The van der Waals surface area contributed by atoms with E-state index in [1.807, 2.05) is 38.1 Å². The lowest BCUT2D eigenvalue weighted by molar-refractivity contribution is -0.118. The van der Waals surface area contributed by atoms with Crippen LogP contribution in [0, 0.1) is 13.8 Å². The van der Waals surface area contributed by atoms with E-state index in [9.17, 15) is 4.79 Å². The van der Waals surface area contributed by atoms with E-state index in [1.165, 1.54) is 18.0 Å². The lowest BCUT2D eigenvalue weighted by Crippen LogP contribution is -2.19. The highest BCUT2D eigenvalue weighted by Crippen LogP contribution is 2.23. The number of hydrazone groups is 1. The number of pyridine rings is 1. The molecule has 9 heteroatoms. The molecular formula is C19H18ClN5O2S. The molecule has 1 amide bonds. The smallest absolute Gasteiger partial charge is 0.250 e. The van der Waals surface area contributed by atoms with Gasteiger partial charge in [0.25, 0.3) is 5.91 Å². The molecule has 2 aromatic heterocycles. The Morgan fingerprint density at radius 3 is 2.68 bits per heavy atom. The Labute approximate surface area is 171 Å². The fourth-order valence-electron chi connectivity index (χ4n) is 2.45. The Bertz CT molecular complexity index is 1040. The SMILES string of the molecule is COc1ccc2cc(/C=N\NC(=O)CSc3nc(C)cc(C)n3)c(Cl)nc2c1. The molecular weight excluding hydrogens is 398 g/mol. The summed E-state index contributed by atoms with van der Waals surface area (Å²) in [6.07, 6.45) is 1.47. The first-order valence-corrected chi connectivity index (χ1v) is 9.72. The zero-order valence-electron chi connectivity index (χ0n) is 15.6. The first kappa shape index (κ1) is 20.0. The number of hydrogen-bond donors (Lipinski definition) is 1. The van der Waals surface area contributed by atoms with Crippen molar-refractivity contribution in [3.05, 3.63) is 52.4 Å². The number of aromatic nitrogens is 3. The average Bonchev–Trinajstić information content (AvgIpc) is 2.65. The number of ether oxygens (including phenoxy) is 1. The summed E-state index contributed by atoms with van der Waals surface area (Å²) >= 11 is 7.46. The van der Waals surface area contributed by atoms with E-state index in [-0.39, 0.29) is 16.8 Å². The van der Waals surface area contributed by atoms with Gasteiger partial charge in [0.15, 0.2) is 5.16 Å². The second-order valence-corrected chi connectivity index (χ2v) is 7.24. The van der Waals surface area contributed by atoms with E-state index in [1.54, 1.807) is 13.2 Å². The first-order chi connectivity index (χ1) is 13.4. The van der Waals surface area contributed by atoms with E-state index < -0.39 is 0 Å². The molecule has 0 aliphatic rings. The van der Waals surface area contributed by atoms with E-state index in [2.05, 4.69) is 25.5 Å². The van der Waals surface area contributed by atoms with Crippen molar-refractivity contribution in [2.75, 3.05) is 12.9 Å². The number of nitrogens with one attached hydrogen (secondary N) is 1. The Morgan fingerprint density at radius 1 is 1.21 bits per heavy atom. The van der Waals surface area contributed by atoms with Crippen molar-refractivity contribution in [1.82, 2.24) is 20.4 Å². The third kappa shape index (κ3) is 5.17. The number of carbonyl (C=O) groups is 1. The minimum Gasteiger partial charge on any atom is -0.497 e. The maximum Gasteiger partial charge on any atom is 0.250 e. The monoisotopic (exact) mass is 415 g/mol. The van der Waals surface area contributed by atoms with Gasteiger partial charge in [-0.2, -0.15) is 5.10 Å². The molecule has 0 unspecified atom stereocenters. The Kier molecular flexibility index (Phi) is 6.43. The van der Waals surface area contributed by atoms with Crippen molar-refractivity contribution in [3.8, 4) is 5.75 Å². The molecule has 144 valence electrons. The number of benzene rings is 1. The predicted octanol–water partition coefficient (Wildman–Crippen LogP) is 3.55. The number of amides is 1. The third-order valence-corrected chi connectivity index (χ3v) is 4.84. The van der Waals surface area contributed by atoms with Crippen LogP contribution in [0.15, 0.2) is 40.6 Å². The molecule has 2 heterocycles. The average molecular weight is 416 g/mol. The van der Waals surface area contributed by atoms with Crippen molar-refractivity contribution in [2.45, 2.75) is 19.0 Å². The van der Waals surface area contributed by atoms with Crippen LogP contribution >= 0.6 is 23.4 Å². The summed E-state index contributed by atoms with van der Waals surface area (Å²) in [5.41, 5.74) is 5.52. The number of nitrogens with zero attached hydrogens (tertiary/aromatic N) is 4. The van der Waals surface area contributed by atoms with Crippen LogP contribution in [0.3, 0.4) is 0 Å². The zero-order valence-corrected chi connectivity index (χ0v) is 17.1. The molecule has 0 radical (unpaired) electrons. The summed E-state index contributed by atoms with van der Waals surface area (Å²) < 4.78 is 5.18. The van der Waals surface area contributed by atoms with Crippen LogP contribution in [0.1, 0.15) is 17.0 Å². The predicted molar refractivity (Wildman–Crippen MR) is 111 cm³/mol. The molecule has 3 aromatic rings. The molecule has 0 spiro atoms. The van der Waals surface area contributed by atoms with Gasteiger partial charge in [0.1, 0.15) is 10.9 Å². The second kappa shape index (κ2) is 8.99. The number of halogens is 1. The Hall–Kier alpha value is -2.71. The van der Waals surface area contributed by atoms with E-state index in [0.717, 1.165) is 22.3 Å². The molecule has 1 aromatic carbocycles. The lowest BCUT2D eigenvalue weighted by Gasteiger charge is -2.05. The van der Waals surface area contributed by atoms with Crippen LogP contribution in [0.4, 0.5) is 0 Å². The molecule has 1 N–H and O–H groups in total. The second-order valence-electron chi connectivity index (χ2n) is 5.94.